The molecule has 1 aromatic carbocycles. The molecule has 1 aromatic rings. The molecule has 0 saturated carbocycles. The highest BCUT2D eigenvalue weighted by Gasteiger charge is 2.13. The summed E-state index contributed by atoms with van der Waals surface area (Å²) < 4.78 is 5.06. The zero-order valence-electron chi connectivity index (χ0n) is 7.07. The minimum Gasteiger partial charge on any atom is -0.493 e. The molecule has 64 valence electrons. The first-order chi connectivity index (χ1) is 6.36. The average Bonchev–Trinajstić information content (AvgIpc) is 2.55. The molecular weight excluding hydrogens is 166 g/mol. The maximum atomic E-state index is 10.5. The molecule has 1 aliphatic heterocycles. The van der Waals surface area contributed by atoms with Gasteiger partial charge in [-0.15, -0.1) is 0 Å². The molecule has 3 heteroatoms. The highest BCUT2D eigenvalue weighted by atomic mass is 16.5. The lowest BCUT2D eigenvalue weighted by Gasteiger charge is -1.96. The zero-order valence-corrected chi connectivity index (χ0v) is 7.07. The minimum atomic E-state index is 0.240. The molecule has 0 atom stereocenters. The van der Waals surface area contributed by atoms with Gasteiger partial charge in [0, 0.05) is 5.22 Å². The lowest BCUT2D eigenvalue weighted by Crippen LogP contribution is -2.22. The van der Waals surface area contributed by atoms with E-state index in [-0.39, 0.29) is 5.70 Å². The summed E-state index contributed by atoms with van der Waals surface area (Å²) in [6, 6.07) is 7.44. The van der Waals surface area contributed by atoms with Crippen LogP contribution >= 0.6 is 0 Å². The number of ether oxygens (including phenoxy) is 1. The van der Waals surface area contributed by atoms with Crippen molar-refractivity contribution in [3.05, 3.63) is 40.5 Å². The zero-order chi connectivity index (χ0) is 9.26. The van der Waals surface area contributed by atoms with Crippen LogP contribution in [0, 0.1) is 0 Å². The maximum absolute atomic E-state index is 10.5. The van der Waals surface area contributed by atoms with E-state index in [1.807, 2.05) is 24.3 Å². The molecule has 0 fully saturated rings. The normalized spacial score (nSPS) is 13.3. The number of hydrogen-bond acceptors (Lipinski definition) is 3. The molecule has 13 heavy (non-hydrogen) atoms. The van der Waals surface area contributed by atoms with Crippen LogP contribution in [-0.4, -0.2) is 13.1 Å². The lowest BCUT2D eigenvalue weighted by atomic mass is 10.2. The second-order valence-corrected chi connectivity index (χ2v) is 2.61. The predicted molar refractivity (Wildman–Crippen MR) is 46.8 cm³/mol. The van der Waals surface area contributed by atoms with E-state index in [9.17, 15) is 4.79 Å². The topological polar surface area (TPSA) is 38.7 Å². The van der Waals surface area contributed by atoms with Gasteiger partial charge in [0.15, 0.2) is 17.4 Å². The van der Waals surface area contributed by atoms with E-state index in [2.05, 4.69) is 4.99 Å². The van der Waals surface area contributed by atoms with E-state index in [4.69, 9.17) is 4.74 Å². The molecule has 0 aromatic heterocycles. The van der Waals surface area contributed by atoms with Crippen LogP contribution in [0.2, 0.25) is 0 Å². The summed E-state index contributed by atoms with van der Waals surface area (Å²) in [4.78, 5) is 14.5. The molecular formula is C10H7NO2. The predicted octanol–water partition coefficient (Wildman–Crippen LogP) is -0.210. The highest BCUT2D eigenvalue weighted by molar-refractivity contribution is 5.75. The van der Waals surface area contributed by atoms with Crippen molar-refractivity contribution in [1.29, 1.82) is 0 Å². The molecule has 0 aliphatic carbocycles. The van der Waals surface area contributed by atoms with Crippen LogP contribution in [0.3, 0.4) is 0 Å². The van der Waals surface area contributed by atoms with E-state index in [0.717, 1.165) is 10.6 Å². The fourth-order valence-electron chi connectivity index (χ4n) is 1.34. The second kappa shape index (κ2) is 2.88. The van der Waals surface area contributed by atoms with Gasteiger partial charge in [-0.1, -0.05) is 12.1 Å². The van der Waals surface area contributed by atoms with Crippen LogP contribution in [0.25, 0.3) is 5.76 Å². The molecule has 0 unspecified atom stereocenters. The van der Waals surface area contributed by atoms with Crippen LogP contribution in [0.4, 0.5) is 0 Å². The summed E-state index contributed by atoms with van der Waals surface area (Å²) in [7, 11) is 1.52. The average molecular weight is 173 g/mol. The SMILES string of the molecule is COC1=c2ccccc2=NC1=C=O. The Morgan fingerprint density at radius 1 is 1.38 bits per heavy atom. The molecule has 0 spiro atoms. The Balaban J connectivity index is 2.91. The van der Waals surface area contributed by atoms with Gasteiger partial charge in [-0.25, -0.2) is 9.79 Å². The monoisotopic (exact) mass is 173 g/mol. The first-order valence-corrected chi connectivity index (χ1v) is 3.84. The summed E-state index contributed by atoms with van der Waals surface area (Å²) in [5, 5.41) is 1.61. The van der Waals surface area contributed by atoms with Crippen LogP contribution in [0.15, 0.2) is 35.0 Å². The smallest absolute Gasteiger partial charge is 0.190 e. The Labute approximate surface area is 74.7 Å². The Morgan fingerprint density at radius 2 is 2.15 bits per heavy atom. The second-order valence-electron chi connectivity index (χ2n) is 2.61. The minimum absolute atomic E-state index is 0.240. The van der Waals surface area contributed by atoms with E-state index >= 15 is 0 Å². The van der Waals surface area contributed by atoms with E-state index < -0.39 is 0 Å². The third-order valence-corrected chi connectivity index (χ3v) is 1.90. The molecule has 0 radical (unpaired) electrons. The number of fused-ring (bicyclic) bond motifs is 1. The van der Waals surface area contributed by atoms with Crippen molar-refractivity contribution in [3.63, 3.8) is 0 Å². The number of methoxy groups -OCH3 is 1. The highest BCUT2D eigenvalue weighted by Crippen LogP contribution is 2.09. The quantitative estimate of drug-likeness (QED) is 0.551. The van der Waals surface area contributed by atoms with Crippen molar-refractivity contribution in [2.24, 2.45) is 4.99 Å². The molecule has 0 amide bonds. The lowest BCUT2D eigenvalue weighted by molar-refractivity contribution is 0.367. The fraction of sp³-hybridized carbons (Fsp3) is 0.100. The van der Waals surface area contributed by atoms with Gasteiger partial charge in [0.05, 0.1) is 12.5 Å². The number of benzene rings is 1. The van der Waals surface area contributed by atoms with Gasteiger partial charge in [-0.3, -0.25) is 0 Å². The Bertz CT molecular complexity index is 510. The number of nitrogens with zero attached hydrogens (tertiary/aromatic N) is 1. The van der Waals surface area contributed by atoms with Gasteiger partial charge in [-0.2, -0.15) is 0 Å². The number of carbonyl (C=O) groups excluding carboxylic acids is 1. The van der Waals surface area contributed by atoms with Gasteiger partial charge in [0.2, 0.25) is 0 Å². The Kier molecular flexibility index (Phi) is 1.72. The van der Waals surface area contributed by atoms with Gasteiger partial charge in [0.1, 0.15) is 0 Å². The molecule has 1 heterocycles. The third kappa shape index (κ3) is 1.06. The van der Waals surface area contributed by atoms with Crippen LogP contribution < -0.4 is 10.6 Å². The van der Waals surface area contributed by atoms with Gasteiger partial charge < -0.3 is 4.74 Å². The van der Waals surface area contributed by atoms with Crippen molar-refractivity contribution in [3.8, 4) is 0 Å². The fourth-order valence-corrected chi connectivity index (χ4v) is 1.34. The van der Waals surface area contributed by atoms with Crippen LogP contribution in [0.5, 0.6) is 0 Å². The van der Waals surface area contributed by atoms with Crippen molar-refractivity contribution in [2.75, 3.05) is 7.11 Å². The van der Waals surface area contributed by atoms with Crippen molar-refractivity contribution in [2.45, 2.75) is 0 Å². The molecule has 0 saturated heterocycles. The summed E-state index contributed by atoms with van der Waals surface area (Å²) in [5.41, 5.74) is 0.240. The van der Waals surface area contributed by atoms with Crippen LogP contribution in [0.1, 0.15) is 0 Å². The third-order valence-electron chi connectivity index (χ3n) is 1.90. The van der Waals surface area contributed by atoms with E-state index in [1.54, 1.807) is 5.94 Å². The molecule has 0 bridgehead atoms. The summed E-state index contributed by atoms with van der Waals surface area (Å²) >= 11 is 0. The van der Waals surface area contributed by atoms with Crippen molar-refractivity contribution in [1.82, 2.24) is 0 Å². The molecule has 3 nitrogen and oxygen atoms in total. The number of para-hydroxylation sites is 1. The summed E-state index contributed by atoms with van der Waals surface area (Å²) in [5.74, 6) is 2.26. The first-order valence-electron chi connectivity index (χ1n) is 3.84. The summed E-state index contributed by atoms with van der Waals surface area (Å²) in [6.45, 7) is 0. The van der Waals surface area contributed by atoms with E-state index in [0.29, 0.717) is 5.76 Å². The summed E-state index contributed by atoms with van der Waals surface area (Å²) in [6.07, 6.45) is 0. The van der Waals surface area contributed by atoms with E-state index in [1.165, 1.54) is 7.11 Å². The van der Waals surface area contributed by atoms with Crippen molar-refractivity contribution >= 4 is 11.7 Å². The van der Waals surface area contributed by atoms with Gasteiger partial charge in [-0.05, 0) is 12.1 Å². The molecule has 0 N–H and O–H groups in total. The number of rotatable bonds is 1. The van der Waals surface area contributed by atoms with Gasteiger partial charge in [0.25, 0.3) is 0 Å². The van der Waals surface area contributed by atoms with Gasteiger partial charge >= 0.3 is 0 Å². The van der Waals surface area contributed by atoms with Crippen molar-refractivity contribution < 1.29 is 9.53 Å². The maximum Gasteiger partial charge on any atom is 0.190 e. The number of hydrogen-bond donors (Lipinski definition) is 0. The Morgan fingerprint density at radius 3 is 2.85 bits per heavy atom. The van der Waals surface area contributed by atoms with Crippen LogP contribution in [-0.2, 0) is 9.53 Å². The largest absolute Gasteiger partial charge is 0.493 e. The standard InChI is InChI=1S/C10H7NO2/c1-13-10-7-4-2-3-5-8(7)11-9(10)6-12/h2-5H,1H3. The molecule has 2 rings (SSSR count). The Hall–Kier alpha value is -1.86. The first kappa shape index (κ1) is 7.77. The molecule has 1 aliphatic rings.